The molecule has 0 aliphatic rings. The van der Waals surface area contributed by atoms with Crippen LogP contribution in [0.1, 0.15) is 11.4 Å². The van der Waals surface area contributed by atoms with Crippen molar-refractivity contribution in [3.8, 4) is 0 Å². The second kappa shape index (κ2) is 4.72. The van der Waals surface area contributed by atoms with E-state index >= 15 is 0 Å². The highest BCUT2D eigenvalue weighted by Crippen LogP contribution is 2.14. The van der Waals surface area contributed by atoms with Gasteiger partial charge in [-0.25, -0.2) is 9.97 Å². The third-order valence-electron chi connectivity index (χ3n) is 3.31. The molecule has 1 aromatic carbocycles. The first kappa shape index (κ1) is 11.7. The van der Waals surface area contributed by atoms with E-state index in [4.69, 9.17) is 5.73 Å². The number of aromatic nitrogens is 3. The third kappa shape index (κ3) is 2.29. The first-order valence-corrected chi connectivity index (χ1v) is 6.35. The Hall–Kier alpha value is -2.36. The lowest BCUT2D eigenvalue weighted by molar-refractivity contribution is 0.782. The van der Waals surface area contributed by atoms with E-state index in [2.05, 4.69) is 20.6 Å². The summed E-state index contributed by atoms with van der Waals surface area (Å²) in [6.07, 6.45) is 3.62. The van der Waals surface area contributed by atoms with Crippen molar-refractivity contribution >= 4 is 16.9 Å². The number of aryl methyl sites for hydroxylation is 3. The molecule has 0 aliphatic carbocycles. The highest BCUT2D eigenvalue weighted by Gasteiger charge is 2.08. The average molecular weight is 252 g/mol. The fourth-order valence-corrected chi connectivity index (χ4v) is 2.30. The van der Waals surface area contributed by atoms with Gasteiger partial charge in [-0.05, 0) is 36.2 Å². The summed E-state index contributed by atoms with van der Waals surface area (Å²) < 4.78 is 2.06. The molecule has 3 aromatic rings. The topological polar surface area (TPSA) is 56.7 Å². The zero-order valence-electron chi connectivity index (χ0n) is 10.9. The van der Waals surface area contributed by atoms with Gasteiger partial charge in [-0.3, -0.25) is 0 Å². The van der Waals surface area contributed by atoms with Crippen molar-refractivity contribution in [3.05, 3.63) is 54.0 Å². The smallest absolute Gasteiger partial charge is 0.159 e. The van der Waals surface area contributed by atoms with Crippen LogP contribution in [0.15, 0.2) is 42.6 Å². The zero-order valence-corrected chi connectivity index (χ0v) is 10.9. The van der Waals surface area contributed by atoms with Crippen molar-refractivity contribution in [2.24, 2.45) is 7.05 Å². The summed E-state index contributed by atoms with van der Waals surface area (Å²) in [7, 11) is 2.01. The lowest BCUT2D eigenvalue weighted by Gasteiger charge is -2.03. The maximum absolute atomic E-state index is 5.79. The number of rotatable bonds is 3. The monoisotopic (exact) mass is 252 g/mol. The summed E-state index contributed by atoms with van der Waals surface area (Å²) in [5.41, 5.74) is 9.72. The first-order chi connectivity index (χ1) is 9.24. The molecule has 0 amide bonds. The molecule has 0 saturated carbocycles. The molecule has 0 atom stereocenters. The van der Waals surface area contributed by atoms with Crippen LogP contribution in [0.25, 0.3) is 11.2 Å². The van der Waals surface area contributed by atoms with E-state index in [1.165, 1.54) is 5.56 Å². The number of imidazole rings is 1. The van der Waals surface area contributed by atoms with Crippen LogP contribution in [0.3, 0.4) is 0 Å². The Balaban J connectivity index is 1.84. The van der Waals surface area contributed by atoms with Crippen LogP contribution in [-0.2, 0) is 19.9 Å². The van der Waals surface area contributed by atoms with E-state index in [1.54, 1.807) is 6.20 Å². The van der Waals surface area contributed by atoms with Crippen molar-refractivity contribution in [1.29, 1.82) is 0 Å². The lowest BCUT2D eigenvalue weighted by Crippen LogP contribution is -2.01. The van der Waals surface area contributed by atoms with E-state index in [-0.39, 0.29) is 0 Å². The molecule has 3 rings (SSSR count). The zero-order chi connectivity index (χ0) is 13.2. The Kier molecular flexibility index (Phi) is 2.91. The van der Waals surface area contributed by atoms with Crippen molar-refractivity contribution in [2.45, 2.75) is 12.8 Å². The van der Waals surface area contributed by atoms with Crippen LogP contribution < -0.4 is 5.73 Å². The predicted octanol–water partition coefficient (Wildman–Crippen LogP) is 2.34. The summed E-state index contributed by atoms with van der Waals surface area (Å²) in [4.78, 5) is 8.97. The summed E-state index contributed by atoms with van der Waals surface area (Å²) >= 11 is 0. The number of fused-ring (bicyclic) bond motifs is 1. The van der Waals surface area contributed by atoms with Gasteiger partial charge in [0.15, 0.2) is 5.65 Å². The number of benzene rings is 1. The van der Waals surface area contributed by atoms with Gasteiger partial charge in [0.05, 0.1) is 0 Å². The molecule has 2 N–H and O–H groups in total. The Bertz CT molecular complexity index is 715. The van der Waals surface area contributed by atoms with Crippen LogP contribution >= 0.6 is 0 Å². The summed E-state index contributed by atoms with van der Waals surface area (Å²) in [6.45, 7) is 0. The summed E-state index contributed by atoms with van der Waals surface area (Å²) in [6, 6.07) is 11.9. The Labute approximate surface area is 111 Å². The highest BCUT2D eigenvalue weighted by atomic mass is 15.1. The van der Waals surface area contributed by atoms with Crippen LogP contribution in [0.2, 0.25) is 0 Å². The molecule has 0 aliphatic heterocycles. The van der Waals surface area contributed by atoms with E-state index in [1.807, 2.05) is 37.4 Å². The molecule has 0 saturated heterocycles. The number of anilines is 1. The molecule has 0 bridgehead atoms. The first-order valence-electron chi connectivity index (χ1n) is 6.35. The molecule has 0 radical (unpaired) electrons. The normalized spacial score (nSPS) is 11.0. The van der Waals surface area contributed by atoms with Gasteiger partial charge in [0.25, 0.3) is 0 Å². The van der Waals surface area contributed by atoms with Gasteiger partial charge >= 0.3 is 0 Å². The van der Waals surface area contributed by atoms with Crippen LogP contribution in [0, 0.1) is 0 Å². The second-order valence-electron chi connectivity index (χ2n) is 4.68. The Morgan fingerprint density at radius 3 is 2.84 bits per heavy atom. The molecular weight excluding hydrogens is 236 g/mol. The van der Waals surface area contributed by atoms with E-state index < -0.39 is 0 Å². The number of hydrogen-bond acceptors (Lipinski definition) is 3. The van der Waals surface area contributed by atoms with Crippen molar-refractivity contribution in [3.63, 3.8) is 0 Å². The summed E-state index contributed by atoms with van der Waals surface area (Å²) in [5, 5.41) is 0. The fraction of sp³-hybridized carbons (Fsp3) is 0.200. The van der Waals surface area contributed by atoms with E-state index in [0.717, 1.165) is 35.5 Å². The number of hydrogen-bond donors (Lipinski definition) is 1. The van der Waals surface area contributed by atoms with Crippen molar-refractivity contribution in [1.82, 2.24) is 14.5 Å². The highest BCUT2D eigenvalue weighted by molar-refractivity contribution is 5.70. The molecular formula is C15H16N4. The maximum atomic E-state index is 5.79. The Morgan fingerprint density at radius 2 is 2.05 bits per heavy atom. The fourth-order valence-electron chi connectivity index (χ4n) is 2.30. The van der Waals surface area contributed by atoms with Gasteiger partial charge < -0.3 is 10.3 Å². The standard InChI is InChI=1S/C15H16N4/c1-19-14(18-13-6-3-9-17-15(13)19)8-7-11-4-2-5-12(16)10-11/h2-6,9-10H,7-8,16H2,1H3. The largest absolute Gasteiger partial charge is 0.399 e. The SMILES string of the molecule is Cn1c(CCc2cccc(N)c2)nc2cccnc21. The molecule has 4 nitrogen and oxygen atoms in total. The average Bonchev–Trinajstić information content (AvgIpc) is 2.74. The number of nitrogens with zero attached hydrogens (tertiary/aromatic N) is 3. The van der Waals surface area contributed by atoms with Gasteiger partial charge in [-0.15, -0.1) is 0 Å². The van der Waals surface area contributed by atoms with Crippen LogP contribution in [0.5, 0.6) is 0 Å². The van der Waals surface area contributed by atoms with Crippen molar-refractivity contribution < 1.29 is 0 Å². The molecule has 2 heterocycles. The molecule has 0 spiro atoms. The van der Waals surface area contributed by atoms with Gasteiger partial charge in [0, 0.05) is 25.4 Å². The molecule has 0 unspecified atom stereocenters. The van der Waals surface area contributed by atoms with Gasteiger partial charge in [0.1, 0.15) is 11.3 Å². The van der Waals surface area contributed by atoms with Crippen molar-refractivity contribution in [2.75, 3.05) is 5.73 Å². The quantitative estimate of drug-likeness (QED) is 0.728. The predicted molar refractivity (Wildman–Crippen MR) is 76.8 cm³/mol. The van der Waals surface area contributed by atoms with Gasteiger partial charge in [-0.2, -0.15) is 0 Å². The molecule has 0 fully saturated rings. The molecule has 96 valence electrons. The lowest BCUT2D eigenvalue weighted by atomic mass is 10.1. The summed E-state index contributed by atoms with van der Waals surface area (Å²) in [5.74, 6) is 1.05. The number of pyridine rings is 1. The van der Waals surface area contributed by atoms with Gasteiger partial charge in [-0.1, -0.05) is 12.1 Å². The number of nitrogens with two attached hydrogens (primary N) is 1. The number of nitrogen functional groups attached to an aromatic ring is 1. The van der Waals surface area contributed by atoms with E-state index in [9.17, 15) is 0 Å². The minimum absolute atomic E-state index is 0.809. The minimum atomic E-state index is 0.809. The molecule has 4 heteroatoms. The molecule has 2 aromatic heterocycles. The molecule has 19 heavy (non-hydrogen) atoms. The van der Waals surface area contributed by atoms with Crippen LogP contribution in [-0.4, -0.2) is 14.5 Å². The van der Waals surface area contributed by atoms with E-state index in [0.29, 0.717) is 0 Å². The Morgan fingerprint density at radius 1 is 1.16 bits per heavy atom. The maximum Gasteiger partial charge on any atom is 0.159 e. The minimum Gasteiger partial charge on any atom is -0.399 e. The third-order valence-corrected chi connectivity index (χ3v) is 3.31. The van der Waals surface area contributed by atoms with Crippen LogP contribution in [0.4, 0.5) is 5.69 Å². The second-order valence-corrected chi connectivity index (χ2v) is 4.68. The van der Waals surface area contributed by atoms with Gasteiger partial charge in [0.2, 0.25) is 0 Å².